The predicted molar refractivity (Wildman–Crippen MR) is 224 cm³/mol. The lowest BCUT2D eigenvalue weighted by molar-refractivity contribution is -0.144. The number of aromatic amines is 1. The summed E-state index contributed by atoms with van der Waals surface area (Å²) in [7, 11) is 0. The van der Waals surface area contributed by atoms with E-state index in [9.17, 15) is 33.9 Å². The lowest BCUT2D eigenvalue weighted by Crippen LogP contribution is -2.60. The van der Waals surface area contributed by atoms with E-state index in [2.05, 4.69) is 38.9 Å². The van der Waals surface area contributed by atoms with Gasteiger partial charge in [-0.2, -0.15) is 12.6 Å². The number of nitrogens with zero attached hydrogens (tertiary/aromatic N) is 1. The van der Waals surface area contributed by atoms with Crippen LogP contribution in [0.3, 0.4) is 0 Å². The summed E-state index contributed by atoms with van der Waals surface area (Å²) in [6, 6.07) is 19.1. The third-order valence-electron chi connectivity index (χ3n) is 10.7. The molecule has 7 atom stereocenters. The van der Waals surface area contributed by atoms with E-state index in [1.54, 1.807) is 48.5 Å². The van der Waals surface area contributed by atoms with Crippen molar-refractivity contribution in [1.29, 1.82) is 0 Å². The molecule has 0 spiro atoms. The molecule has 1 saturated heterocycles. The van der Waals surface area contributed by atoms with E-state index in [0.717, 1.165) is 27.6 Å². The molecule has 0 radical (unpaired) electrons. The molecule has 2 heterocycles. The number of likely N-dealkylation sites (tertiary alicyclic amines) is 1. The quantitative estimate of drug-likeness (QED) is 0.0658. The van der Waals surface area contributed by atoms with Gasteiger partial charge in [-0.05, 0) is 47.9 Å². The second-order valence-corrected chi connectivity index (χ2v) is 15.2. The number of thiol groups is 1. The average Bonchev–Trinajstić information content (AvgIpc) is 3.89. The number of nitrogens with one attached hydrogen (secondary N) is 5. The molecule has 308 valence electrons. The molecular weight excluding hydrogens is 759 g/mol. The standard InChI is InChI=1S/C43H53N7O7S/c1-3-26(2)37(49-38(51)31(44)23-29-24-45-32-18-11-10-17-30(29)32)41(54)46-33(21-27-13-6-4-7-14-27)39(52)48-35(25-58)42(55)50-20-12-19-36(50)40(53)47-34(43(56)57)22-28-15-8-5-9-16-28/h4-11,13-18,24,26,31,33-37,45,58H,3,12,19-23,25,44H2,1-2H3,(H,46,54)(H,47,53)(H,48,52)(H,49,51)(H,56,57)/t26-,31-,33-,34-,35-,36-,37-/m0/s1. The van der Waals surface area contributed by atoms with Crippen LogP contribution in [0.5, 0.6) is 0 Å². The zero-order chi connectivity index (χ0) is 41.8. The normalized spacial score (nSPS) is 17.0. The van der Waals surface area contributed by atoms with Crippen LogP contribution in [-0.2, 0) is 48.0 Å². The zero-order valence-electron chi connectivity index (χ0n) is 32.7. The zero-order valence-corrected chi connectivity index (χ0v) is 33.6. The number of hydrogen-bond donors (Lipinski definition) is 8. The number of rotatable bonds is 19. The summed E-state index contributed by atoms with van der Waals surface area (Å²) < 4.78 is 0. The van der Waals surface area contributed by atoms with Crippen molar-refractivity contribution in [3.8, 4) is 0 Å². The van der Waals surface area contributed by atoms with Gasteiger partial charge in [-0.15, -0.1) is 0 Å². The monoisotopic (exact) mass is 811 g/mol. The van der Waals surface area contributed by atoms with Crippen LogP contribution < -0.4 is 27.0 Å². The Morgan fingerprint density at radius 3 is 2.02 bits per heavy atom. The Labute approximate surface area is 343 Å². The summed E-state index contributed by atoms with van der Waals surface area (Å²) >= 11 is 4.37. The minimum absolute atomic E-state index is 0.0613. The third kappa shape index (κ3) is 11.3. The number of para-hydroxylation sites is 1. The number of carbonyl (C=O) groups is 6. The van der Waals surface area contributed by atoms with Crippen LogP contribution in [0, 0.1) is 5.92 Å². The SMILES string of the molecule is CC[C@H](C)[C@H](NC(=O)[C@@H](N)Cc1c[nH]c2ccccc12)C(=O)N[C@@H](Cc1ccccc1)C(=O)N[C@@H](CS)C(=O)N1CCC[C@H]1C(=O)N[C@@H](Cc1ccccc1)C(=O)O. The Balaban J connectivity index is 1.27. The highest BCUT2D eigenvalue weighted by Crippen LogP contribution is 2.21. The molecule has 0 bridgehead atoms. The van der Waals surface area contributed by atoms with Crippen molar-refractivity contribution in [2.24, 2.45) is 11.7 Å². The summed E-state index contributed by atoms with van der Waals surface area (Å²) in [5.74, 6) is -4.59. The first kappa shape index (κ1) is 43.5. The van der Waals surface area contributed by atoms with E-state index in [0.29, 0.717) is 19.3 Å². The molecule has 58 heavy (non-hydrogen) atoms. The number of aromatic nitrogens is 1. The van der Waals surface area contributed by atoms with Gasteiger partial charge in [0.25, 0.3) is 0 Å². The van der Waals surface area contributed by atoms with Gasteiger partial charge in [0.15, 0.2) is 0 Å². The van der Waals surface area contributed by atoms with Crippen LogP contribution in [0.25, 0.3) is 10.9 Å². The van der Waals surface area contributed by atoms with Gasteiger partial charge >= 0.3 is 5.97 Å². The van der Waals surface area contributed by atoms with Crippen molar-refractivity contribution in [3.05, 3.63) is 108 Å². The van der Waals surface area contributed by atoms with E-state index < -0.39 is 71.8 Å². The number of amides is 5. The van der Waals surface area contributed by atoms with Crippen molar-refractivity contribution in [3.63, 3.8) is 0 Å². The van der Waals surface area contributed by atoms with Crippen LogP contribution in [0.2, 0.25) is 0 Å². The average molecular weight is 812 g/mol. The number of hydrogen-bond acceptors (Lipinski definition) is 8. The van der Waals surface area contributed by atoms with Gasteiger partial charge < -0.3 is 42.0 Å². The van der Waals surface area contributed by atoms with Crippen LogP contribution in [0.1, 0.15) is 49.8 Å². The largest absolute Gasteiger partial charge is 0.480 e. The molecule has 1 aromatic heterocycles. The fraction of sp³-hybridized carbons (Fsp3) is 0.395. The molecule has 0 unspecified atom stereocenters. The fourth-order valence-electron chi connectivity index (χ4n) is 7.19. The first-order valence-electron chi connectivity index (χ1n) is 19.6. The lowest BCUT2D eigenvalue weighted by atomic mass is 9.96. The maximum atomic E-state index is 14.1. The molecule has 3 aromatic carbocycles. The molecule has 14 nitrogen and oxygen atoms in total. The van der Waals surface area contributed by atoms with Crippen molar-refractivity contribution in [2.45, 2.75) is 88.6 Å². The Hall–Kier alpha value is -5.67. The number of nitrogens with two attached hydrogens (primary N) is 1. The molecule has 0 aliphatic carbocycles. The van der Waals surface area contributed by atoms with Crippen LogP contribution in [-0.4, -0.2) is 99.0 Å². The summed E-state index contributed by atoms with van der Waals surface area (Å²) in [5.41, 5.74) is 9.62. The van der Waals surface area contributed by atoms with Gasteiger partial charge in [-0.1, -0.05) is 99.1 Å². The van der Waals surface area contributed by atoms with E-state index in [-0.39, 0.29) is 37.5 Å². The number of H-pyrrole nitrogens is 1. The molecule has 8 N–H and O–H groups in total. The summed E-state index contributed by atoms with van der Waals surface area (Å²) in [4.78, 5) is 85.6. The van der Waals surface area contributed by atoms with Crippen molar-refractivity contribution < 1.29 is 33.9 Å². The number of fused-ring (bicyclic) bond motifs is 1. The molecule has 1 aliphatic heterocycles. The van der Waals surface area contributed by atoms with Crippen LogP contribution in [0.4, 0.5) is 0 Å². The topological polar surface area (TPSA) is 216 Å². The van der Waals surface area contributed by atoms with E-state index in [4.69, 9.17) is 5.73 Å². The molecular formula is C43H53N7O7S. The Morgan fingerprint density at radius 2 is 1.40 bits per heavy atom. The summed E-state index contributed by atoms with van der Waals surface area (Å²) in [6.07, 6.45) is 3.51. The van der Waals surface area contributed by atoms with Crippen molar-refractivity contribution in [1.82, 2.24) is 31.2 Å². The van der Waals surface area contributed by atoms with Gasteiger partial charge in [-0.3, -0.25) is 24.0 Å². The smallest absolute Gasteiger partial charge is 0.326 e. The highest BCUT2D eigenvalue weighted by molar-refractivity contribution is 7.80. The van der Waals surface area contributed by atoms with Gasteiger partial charge in [0.1, 0.15) is 30.2 Å². The molecule has 1 fully saturated rings. The molecule has 1 aliphatic rings. The maximum absolute atomic E-state index is 14.1. The lowest BCUT2D eigenvalue weighted by Gasteiger charge is -2.30. The van der Waals surface area contributed by atoms with Crippen molar-refractivity contribution >= 4 is 59.0 Å². The molecule has 5 amide bonds. The highest BCUT2D eigenvalue weighted by atomic mass is 32.1. The first-order valence-corrected chi connectivity index (χ1v) is 20.3. The van der Waals surface area contributed by atoms with Gasteiger partial charge in [0.05, 0.1) is 6.04 Å². The van der Waals surface area contributed by atoms with Crippen LogP contribution in [0.15, 0.2) is 91.1 Å². The molecule has 15 heteroatoms. The number of carbonyl (C=O) groups excluding carboxylic acids is 5. The van der Waals surface area contributed by atoms with E-state index in [1.807, 2.05) is 56.4 Å². The second-order valence-electron chi connectivity index (χ2n) is 14.8. The second kappa shape index (κ2) is 20.7. The van der Waals surface area contributed by atoms with Gasteiger partial charge in [0.2, 0.25) is 29.5 Å². The summed E-state index contributed by atoms with van der Waals surface area (Å²) in [5, 5.41) is 21.8. The molecule has 5 rings (SSSR count). The Kier molecular flexibility index (Phi) is 15.5. The van der Waals surface area contributed by atoms with Crippen LogP contribution >= 0.6 is 12.6 Å². The van der Waals surface area contributed by atoms with Gasteiger partial charge in [0, 0.05) is 42.2 Å². The van der Waals surface area contributed by atoms with E-state index in [1.165, 1.54) is 4.90 Å². The number of aliphatic carboxylic acids is 1. The fourth-order valence-corrected chi connectivity index (χ4v) is 7.44. The van der Waals surface area contributed by atoms with Crippen molar-refractivity contribution in [2.75, 3.05) is 12.3 Å². The highest BCUT2D eigenvalue weighted by Gasteiger charge is 2.39. The van der Waals surface area contributed by atoms with Gasteiger partial charge in [-0.25, -0.2) is 4.79 Å². The molecule has 4 aromatic rings. The first-order chi connectivity index (χ1) is 27.9. The van der Waals surface area contributed by atoms with E-state index >= 15 is 0 Å². The summed E-state index contributed by atoms with van der Waals surface area (Å²) in [6.45, 7) is 3.92. The predicted octanol–water partition coefficient (Wildman–Crippen LogP) is 2.51. The Morgan fingerprint density at radius 1 is 0.793 bits per heavy atom. The maximum Gasteiger partial charge on any atom is 0.326 e. The Bertz CT molecular complexity index is 2050. The molecule has 0 saturated carbocycles. The number of carboxylic acids is 1. The minimum atomic E-state index is -1.21. The minimum Gasteiger partial charge on any atom is -0.480 e. The third-order valence-corrected chi connectivity index (χ3v) is 11.1. The number of benzene rings is 3. The number of carboxylic acid groups (broad SMARTS) is 1.